The van der Waals surface area contributed by atoms with E-state index in [4.69, 9.17) is 14.8 Å². The van der Waals surface area contributed by atoms with Crippen LogP contribution in [0.3, 0.4) is 0 Å². The molecule has 2 N–H and O–H groups in total. The number of ether oxygens (including phenoxy) is 1. The van der Waals surface area contributed by atoms with Gasteiger partial charge in [0, 0.05) is 81.1 Å². The maximum absolute atomic E-state index is 12.1. The fourth-order valence-electron chi connectivity index (χ4n) is 5.54. The summed E-state index contributed by atoms with van der Waals surface area (Å²) in [7, 11) is 3.45. The first-order chi connectivity index (χ1) is 20.0. The zero-order valence-electron chi connectivity index (χ0n) is 23.9. The van der Waals surface area contributed by atoms with Crippen molar-refractivity contribution in [3.05, 3.63) is 83.6 Å². The minimum Gasteiger partial charge on any atom is -0.379 e. The molecule has 3 aliphatic heterocycles. The lowest BCUT2D eigenvalue weighted by Gasteiger charge is -2.26. The first kappa shape index (κ1) is 27.0. The zero-order valence-corrected chi connectivity index (χ0v) is 23.9. The molecule has 9 nitrogen and oxygen atoms in total. The lowest BCUT2D eigenvalue weighted by molar-refractivity contribution is 0.0342. The Morgan fingerprint density at radius 1 is 1.12 bits per heavy atom. The van der Waals surface area contributed by atoms with Gasteiger partial charge in [-0.15, -0.1) is 0 Å². The van der Waals surface area contributed by atoms with Crippen LogP contribution in [0.1, 0.15) is 23.6 Å². The maximum Gasteiger partial charge on any atom is 0.321 e. The number of hydrogen-bond acceptors (Lipinski definition) is 6. The van der Waals surface area contributed by atoms with Crippen LogP contribution in [0.4, 0.5) is 10.5 Å². The van der Waals surface area contributed by atoms with Crippen molar-refractivity contribution < 1.29 is 9.53 Å². The molecule has 212 valence electrons. The van der Waals surface area contributed by atoms with Crippen LogP contribution in [0.25, 0.3) is 22.5 Å². The van der Waals surface area contributed by atoms with Gasteiger partial charge < -0.3 is 20.3 Å². The quantitative estimate of drug-likeness (QED) is 0.450. The number of morpholine rings is 1. The average molecular weight is 552 g/mol. The maximum atomic E-state index is 12.1. The summed E-state index contributed by atoms with van der Waals surface area (Å²) in [5.41, 5.74) is 8.55. The summed E-state index contributed by atoms with van der Waals surface area (Å²) in [5.74, 6) is 0.0878. The van der Waals surface area contributed by atoms with E-state index in [0.717, 1.165) is 67.6 Å². The number of carbonyl (C=O) groups excluding carboxylic acids is 1. The van der Waals surface area contributed by atoms with E-state index in [1.165, 1.54) is 21.6 Å². The second kappa shape index (κ2) is 11.7. The van der Waals surface area contributed by atoms with Gasteiger partial charge in [-0.05, 0) is 54.0 Å². The third-order valence-electron chi connectivity index (χ3n) is 7.81. The van der Waals surface area contributed by atoms with Gasteiger partial charge in [0.15, 0.2) is 0 Å². The predicted molar refractivity (Wildman–Crippen MR) is 163 cm³/mol. The second-order valence-corrected chi connectivity index (χ2v) is 10.9. The lowest BCUT2D eigenvalue weighted by atomic mass is 9.88. The Labute approximate surface area is 241 Å². The van der Waals surface area contributed by atoms with Crippen molar-refractivity contribution in [1.82, 2.24) is 24.9 Å². The summed E-state index contributed by atoms with van der Waals surface area (Å²) >= 11 is 0. The van der Waals surface area contributed by atoms with Crippen molar-refractivity contribution in [1.29, 1.82) is 0 Å². The van der Waals surface area contributed by atoms with Gasteiger partial charge in [0.25, 0.3) is 0 Å². The molecule has 41 heavy (non-hydrogen) atoms. The normalized spacial score (nSPS) is 20.2. The van der Waals surface area contributed by atoms with Crippen molar-refractivity contribution in [3.63, 3.8) is 0 Å². The number of rotatable bonds is 7. The Hall–Kier alpha value is -4.21. The van der Waals surface area contributed by atoms with E-state index < -0.39 is 0 Å². The summed E-state index contributed by atoms with van der Waals surface area (Å²) in [4.78, 5) is 20.8. The number of hydrogen-bond donors (Lipinski definition) is 2. The van der Waals surface area contributed by atoms with E-state index in [1.807, 2.05) is 35.2 Å². The summed E-state index contributed by atoms with van der Waals surface area (Å²) in [6, 6.07) is 16.5. The van der Waals surface area contributed by atoms with Crippen molar-refractivity contribution in [2.24, 2.45) is 10.9 Å². The average Bonchev–Trinajstić information content (AvgIpc) is 3.63. The number of nitrogens with zero attached hydrogens (tertiary/aromatic N) is 5. The standard InChI is InChI=1S/C32H37N7O2/c1-4-39-21-28(30(36-39)23-8-10-25(11-9-23)34-32(40)37(2)3)26-12-13-33-31-27(26)19-29(35-31)24-7-5-6-22(18-24)20-38-14-16-41-17-15-38/h5-13,18-19,21,27,31,35H,4,14-17,20H2,1-3H3,(H,34,40). The molecule has 2 amide bonds. The van der Waals surface area contributed by atoms with Crippen LogP contribution in [0, 0.1) is 5.92 Å². The van der Waals surface area contributed by atoms with E-state index in [2.05, 4.69) is 65.1 Å². The van der Waals surface area contributed by atoms with Crippen LogP contribution in [-0.2, 0) is 17.8 Å². The fourth-order valence-corrected chi connectivity index (χ4v) is 5.54. The van der Waals surface area contributed by atoms with Crippen molar-refractivity contribution in [2.75, 3.05) is 45.7 Å². The third kappa shape index (κ3) is 5.82. The second-order valence-electron chi connectivity index (χ2n) is 10.9. The van der Waals surface area contributed by atoms with E-state index in [-0.39, 0.29) is 18.1 Å². The monoisotopic (exact) mass is 551 g/mol. The fraction of sp³-hybridized carbons (Fsp3) is 0.344. The van der Waals surface area contributed by atoms with Crippen LogP contribution >= 0.6 is 0 Å². The highest BCUT2D eigenvalue weighted by Gasteiger charge is 2.34. The van der Waals surface area contributed by atoms with Gasteiger partial charge in [-0.25, -0.2) is 4.79 Å². The lowest BCUT2D eigenvalue weighted by Crippen LogP contribution is -2.35. The van der Waals surface area contributed by atoms with Crippen molar-refractivity contribution >= 4 is 29.2 Å². The summed E-state index contributed by atoms with van der Waals surface area (Å²) < 4.78 is 7.50. The number of anilines is 1. The van der Waals surface area contributed by atoms with E-state index in [1.54, 1.807) is 14.1 Å². The molecule has 0 aliphatic carbocycles. The smallest absolute Gasteiger partial charge is 0.321 e. The SMILES string of the molecule is CCn1cc(C2=CC=NC3NC(c4cccc(CN5CCOCC5)c4)=CC23)c(-c2ccc(NC(=O)N(C)C)cc2)n1. The van der Waals surface area contributed by atoms with Gasteiger partial charge in [0.1, 0.15) is 6.17 Å². The molecule has 0 radical (unpaired) electrons. The number of benzene rings is 2. The summed E-state index contributed by atoms with van der Waals surface area (Å²) in [6.07, 6.45) is 8.40. The highest BCUT2D eigenvalue weighted by atomic mass is 16.5. The van der Waals surface area contributed by atoms with E-state index in [0.29, 0.717) is 0 Å². The highest BCUT2D eigenvalue weighted by Crippen LogP contribution is 2.40. The van der Waals surface area contributed by atoms with Crippen LogP contribution in [0.5, 0.6) is 0 Å². The summed E-state index contributed by atoms with van der Waals surface area (Å²) in [5, 5.41) is 11.5. The molecular weight excluding hydrogens is 514 g/mol. The van der Waals surface area contributed by atoms with Crippen LogP contribution < -0.4 is 10.6 Å². The number of fused-ring (bicyclic) bond motifs is 1. The molecule has 9 heteroatoms. The number of aromatic nitrogens is 2. The number of carbonyl (C=O) groups is 1. The van der Waals surface area contributed by atoms with Gasteiger partial charge >= 0.3 is 6.03 Å². The number of urea groups is 1. The van der Waals surface area contributed by atoms with Gasteiger partial charge in [-0.2, -0.15) is 5.10 Å². The third-order valence-corrected chi connectivity index (χ3v) is 7.81. The topological polar surface area (TPSA) is 87.0 Å². The van der Waals surface area contributed by atoms with E-state index >= 15 is 0 Å². The Balaban J connectivity index is 1.26. The molecule has 0 spiro atoms. The summed E-state index contributed by atoms with van der Waals surface area (Å²) in [6.45, 7) is 7.34. The number of aliphatic imine (C=N–C) groups is 1. The zero-order chi connectivity index (χ0) is 28.3. The molecule has 4 heterocycles. The molecule has 2 unspecified atom stereocenters. The Kier molecular flexibility index (Phi) is 7.71. The Bertz CT molecular complexity index is 1500. The minimum absolute atomic E-state index is 0.0608. The molecule has 2 aromatic carbocycles. The largest absolute Gasteiger partial charge is 0.379 e. The minimum atomic E-state index is -0.158. The first-order valence-electron chi connectivity index (χ1n) is 14.3. The Morgan fingerprint density at radius 2 is 1.93 bits per heavy atom. The first-order valence-corrected chi connectivity index (χ1v) is 14.3. The van der Waals surface area contributed by atoms with E-state index in [9.17, 15) is 4.79 Å². The molecule has 2 atom stereocenters. The van der Waals surface area contributed by atoms with Crippen LogP contribution in [0.15, 0.2) is 71.9 Å². The number of amides is 2. The molecule has 3 aliphatic rings. The van der Waals surface area contributed by atoms with Gasteiger partial charge in [0.05, 0.1) is 18.9 Å². The molecule has 0 saturated carbocycles. The van der Waals surface area contributed by atoms with Crippen LogP contribution in [-0.4, -0.2) is 78.4 Å². The number of dihydropyridines is 1. The van der Waals surface area contributed by atoms with Gasteiger partial charge in [-0.1, -0.05) is 30.3 Å². The molecule has 6 rings (SSSR count). The predicted octanol–water partition coefficient (Wildman–Crippen LogP) is 4.55. The van der Waals surface area contributed by atoms with Crippen molar-refractivity contribution in [3.8, 4) is 11.3 Å². The number of aryl methyl sites for hydroxylation is 1. The van der Waals surface area contributed by atoms with Gasteiger partial charge in [-0.3, -0.25) is 14.6 Å². The molecule has 0 bridgehead atoms. The molecule has 3 aromatic rings. The number of allylic oxidation sites excluding steroid dienone is 1. The number of nitrogens with one attached hydrogen (secondary N) is 2. The van der Waals surface area contributed by atoms with Crippen molar-refractivity contribution in [2.45, 2.75) is 26.2 Å². The van der Waals surface area contributed by atoms with Crippen LogP contribution in [0.2, 0.25) is 0 Å². The molecular formula is C32H37N7O2. The molecule has 1 fully saturated rings. The molecule has 1 aromatic heterocycles. The van der Waals surface area contributed by atoms with Gasteiger partial charge in [0.2, 0.25) is 0 Å². The highest BCUT2D eigenvalue weighted by molar-refractivity contribution is 5.94. The Morgan fingerprint density at radius 3 is 2.68 bits per heavy atom. The molecule has 1 saturated heterocycles.